The van der Waals surface area contributed by atoms with Crippen molar-refractivity contribution in [2.75, 3.05) is 32.5 Å². The average Bonchev–Trinajstić information content (AvgIpc) is 3.14. The van der Waals surface area contributed by atoms with Crippen molar-refractivity contribution in [2.45, 2.75) is 32.2 Å². The van der Waals surface area contributed by atoms with Crippen LogP contribution in [0.4, 0.5) is 5.82 Å². The normalized spacial score (nSPS) is 17.0. The number of rotatable bonds is 6. The number of aromatic nitrogens is 3. The van der Waals surface area contributed by atoms with E-state index in [2.05, 4.69) is 22.0 Å². The van der Waals surface area contributed by atoms with Gasteiger partial charge in [0, 0.05) is 31.1 Å². The molecular formula is C23H27N5O2. The molecule has 0 spiro atoms. The molecule has 0 radical (unpaired) electrons. The number of nitrogen functional groups attached to an aromatic ring is 1. The van der Waals surface area contributed by atoms with E-state index in [1.165, 1.54) is 5.56 Å². The highest BCUT2D eigenvalue weighted by Gasteiger charge is 2.24. The van der Waals surface area contributed by atoms with Crippen molar-refractivity contribution < 1.29 is 9.47 Å². The van der Waals surface area contributed by atoms with Crippen molar-refractivity contribution in [3.05, 3.63) is 47.3 Å². The zero-order valence-corrected chi connectivity index (χ0v) is 17.5. The van der Waals surface area contributed by atoms with Gasteiger partial charge in [0.1, 0.15) is 12.4 Å². The zero-order chi connectivity index (χ0) is 21.1. The van der Waals surface area contributed by atoms with Gasteiger partial charge in [0.15, 0.2) is 17.1 Å². The Balaban J connectivity index is 1.49. The number of benzene rings is 1. The summed E-state index contributed by atoms with van der Waals surface area (Å²) in [6.45, 7) is 5.00. The molecule has 1 aromatic carbocycles. The molecule has 1 fully saturated rings. The Labute approximate surface area is 176 Å². The molecule has 2 N–H and O–H groups in total. The second-order valence-corrected chi connectivity index (χ2v) is 7.71. The second-order valence-electron chi connectivity index (χ2n) is 7.71. The summed E-state index contributed by atoms with van der Waals surface area (Å²) < 4.78 is 12.7. The summed E-state index contributed by atoms with van der Waals surface area (Å²) in [7, 11) is 1.64. The number of hydrogen-bond donors (Lipinski definition) is 1. The summed E-state index contributed by atoms with van der Waals surface area (Å²) in [6, 6.07) is 9.94. The van der Waals surface area contributed by atoms with Crippen LogP contribution in [0, 0.1) is 19.3 Å². The van der Waals surface area contributed by atoms with Crippen LogP contribution in [0.2, 0.25) is 0 Å². The number of nitrogens with two attached hydrogens (primary N) is 1. The topological polar surface area (TPSA) is 77.9 Å². The number of piperidine rings is 1. The largest absolute Gasteiger partial charge is 0.493 e. The summed E-state index contributed by atoms with van der Waals surface area (Å²) >= 11 is 0. The number of likely N-dealkylation sites (tertiary alicyclic amines) is 1. The quantitative estimate of drug-likeness (QED) is 0.635. The Kier molecular flexibility index (Phi) is 5.77. The molecule has 3 heterocycles. The van der Waals surface area contributed by atoms with Gasteiger partial charge >= 0.3 is 0 Å². The minimum absolute atomic E-state index is 0.223. The fourth-order valence-corrected chi connectivity index (χ4v) is 4.09. The van der Waals surface area contributed by atoms with Gasteiger partial charge in [-0.3, -0.25) is 4.90 Å². The second kappa shape index (κ2) is 8.64. The minimum atomic E-state index is 0.223. The third-order valence-corrected chi connectivity index (χ3v) is 5.47. The number of terminal acetylenes is 1. The van der Waals surface area contributed by atoms with Crippen molar-refractivity contribution in [3.63, 3.8) is 0 Å². The number of fused-ring (bicyclic) bond motifs is 1. The number of ether oxygens (including phenoxy) is 2. The highest BCUT2D eigenvalue weighted by molar-refractivity contribution is 5.49. The first-order valence-corrected chi connectivity index (χ1v) is 10.2. The van der Waals surface area contributed by atoms with Gasteiger partial charge in [-0.25, -0.2) is 4.98 Å². The fraction of sp³-hybridized carbons (Fsp3) is 0.391. The van der Waals surface area contributed by atoms with Crippen molar-refractivity contribution in [3.8, 4) is 23.8 Å². The Morgan fingerprint density at radius 3 is 2.93 bits per heavy atom. The molecule has 1 atom stereocenters. The lowest BCUT2D eigenvalue weighted by Gasteiger charge is -2.32. The molecule has 3 aromatic rings. The van der Waals surface area contributed by atoms with E-state index in [0.29, 0.717) is 23.2 Å². The van der Waals surface area contributed by atoms with Gasteiger partial charge in [0.2, 0.25) is 0 Å². The lowest BCUT2D eigenvalue weighted by molar-refractivity contribution is 0.198. The van der Waals surface area contributed by atoms with Crippen LogP contribution in [0.25, 0.3) is 5.65 Å². The number of aryl methyl sites for hydroxylation is 1. The first kappa shape index (κ1) is 20.0. The van der Waals surface area contributed by atoms with Crippen LogP contribution < -0.4 is 15.2 Å². The molecule has 0 bridgehead atoms. The summed E-state index contributed by atoms with van der Waals surface area (Å²) in [6.07, 6.45) is 7.51. The third kappa shape index (κ3) is 4.19. The smallest absolute Gasteiger partial charge is 0.162 e. The monoisotopic (exact) mass is 405 g/mol. The van der Waals surface area contributed by atoms with E-state index >= 15 is 0 Å². The number of hydrogen-bond acceptors (Lipinski definition) is 6. The van der Waals surface area contributed by atoms with Gasteiger partial charge in [-0.15, -0.1) is 6.42 Å². The van der Waals surface area contributed by atoms with Crippen molar-refractivity contribution in [1.29, 1.82) is 0 Å². The van der Waals surface area contributed by atoms with Gasteiger partial charge in [0.25, 0.3) is 0 Å². The number of anilines is 1. The lowest BCUT2D eigenvalue weighted by Crippen LogP contribution is -2.34. The minimum Gasteiger partial charge on any atom is -0.493 e. The lowest BCUT2D eigenvalue weighted by atomic mass is 9.94. The Morgan fingerprint density at radius 2 is 2.13 bits per heavy atom. The molecule has 30 heavy (non-hydrogen) atoms. The molecule has 7 heteroatoms. The fourth-order valence-electron chi connectivity index (χ4n) is 4.09. The predicted octanol–water partition coefficient (Wildman–Crippen LogP) is 3.02. The number of nitrogens with zero attached hydrogens (tertiary/aromatic N) is 4. The van der Waals surface area contributed by atoms with E-state index in [0.717, 1.165) is 49.5 Å². The molecule has 156 valence electrons. The maximum absolute atomic E-state index is 6.22. The zero-order valence-electron chi connectivity index (χ0n) is 17.5. The average molecular weight is 406 g/mol. The first-order chi connectivity index (χ1) is 14.6. The van der Waals surface area contributed by atoms with Crippen LogP contribution in [-0.2, 0) is 6.54 Å². The van der Waals surface area contributed by atoms with E-state index in [4.69, 9.17) is 26.6 Å². The van der Waals surface area contributed by atoms with Crippen LogP contribution in [-0.4, -0.2) is 46.3 Å². The van der Waals surface area contributed by atoms with Crippen LogP contribution in [0.3, 0.4) is 0 Å². The van der Waals surface area contributed by atoms with Gasteiger partial charge in [-0.2, -0.15) is 9.61 Å². The standard InChI is InChI=1S/C23H27N5O2/c1-4-10-30-20-8-7-17(12-21(20)29-3)14-27-9-5-6-18(15-27)19-13-22(24)28-23(25-19)11-16(2)26-28/h1,7-8,11-13,18H,5-6,9-10,14-15,24H2,2-3H3. The molecule has 1 aliphatic heterocycles. The van der Waals surface area contributed by atoms with Crippen molar-refractivity contribution >= 4 is 11.5 Å². The molecule has 1 aliphatic rings. The van der Waals surface area contributed by atoms with E-state index in [-0.39, 0.29) is 6.61 Å². The van der Waals surface area contributed by atoms with Gasteiger partial charge in [0.05, 0.1) is 18.5 Å². The molecular weight excluding hydrogens is 378 g/mol. The summed E-state index contributed by atoms with van der Waals surface area (Å²) in [5, 5.41) is 4.40. The van der Waals surface area contributed by atoms with Crippen molar-refractivity contribution in [2.24, 2.45) is 0 Å². The highest BCUT2D eigenvalue weighted by atomic mass is 16.5. The van der Waals surface area contributed by atoms with Crippen LogP contribution in [0.5, 0.6) is 11.5 Å². The van der Waals surface area contributed by atoms with Crippen LogP contribution in [0.15, 0.2) is 30.3 Å². The van der Waals surface area contributed by atoms with E-state index in [1.807, 2.05) is 31.2 Å². The maximum atomic E-state index is 6.22. The van der Waals surface area contributed by atoms with Gasteiger partial charge < -0.3 is 15.2 Å². The van der Waals surface area contributed by atoms with Crippen LogP contribution in [0.1, 0.15) is 35.7 Å². The molecule has 4 rings (SSSR count). The molecule has 0 aliphatic carbocycles. The maximum Gasteiger partial charge on any atom is 0.162 e. The molecule has 2 aromatic heterocycles. The van der Waals surface area contributed by atoms with E-state index in [1.54, 1.807) is 11.6 Å². The van der Waals surface area contributed by atoms with E-state index in [9.17, 15) is 0 Å². The summed E-state index contributed by atoms with van der Waals surface area (Å²) in [5.41, 5.74) is 10.2. The van der Waals surface area contributed by atoms with Crippen LogP contribution >= 0.6 is 0 Å². The summed E-state index contributed by atoms with van der Waals surface area (Å²) in [5.74, 6) is 4.83. The Morgan fingerprint density at radius 1 is 1.27 bits per heavy atom. The van der Waals surface area contributed by atoms with Gasteiger partial charge in [-0.05, 0) is 44.0 Å². The third-order valence-electron chi connectivity index (χ3n) is 5.47. The SMILES string of the molecule is C#CCOc1ccc(CN2CCCC(c3cc(N)n4nc(C)cc4n3)C2)cc1OC. The van der Waals surface area contributed by atoms with E-state index < -0.39 is 0 Å². The molecule has 0 saturated carbocycles. The summed E-state index contributed by atoms with van der Waals surface area (Å²) in [4.78, 5) is 7.28. The highest BCUT2D eigenvalue weighted by Crippen LogP contribution is 2.31. The number of methoxy groups -OCH3 is 1. The van der Waals surface area contributed by atoms with Gasteiger partial charge in [-0.1, -0.05) is 12.0 Å². The first-order valence-electron chi connectivity index (χ1n) is 10.2. The molecule has 1 saturated heterocycles. The molecule has 1 unspecified atom stereocenters. The Bertz CT molecular complexity index is 1090. The van der Waals surface area contributed by atoms with Crippen molar-refractivity contribution in [1.82, 2.24) is 19.5 Å². The Hall–Kier alpha value is -3.24. The molecule has 0 amide bonds. The molecule has 7 nitrogen and oxygen atoms in total. The predicted molar refractivity (Wildman–Crippen MR) is 117 cm³/mol.